The fraction of sp³-hybridized carbons (Fsp3) is 0.548. The predicted molar refractivity (Wildman–Crippen MR) is 147 cm³/mol. The van der Waals surface area contributed by atoms with Crippen molar-refractivity contribution in [3.8, 4) is 28.7 Å². The first-order valence-corrected chi connectivity index (χ1v) is 14.9. The van der Waals surface area contributed by atoms with E-state index >= 15 is 0 Å². The molecule has 0 saturated heterocycles. The number of alkyl halides is 5. The first-order valence-electron chi connectivity index (χ1n) is 14.9. The number of aliphatic hydroxyl groups excluding tert-OH is 1. The van der Waals surface area contributed by atoms with Gasteiger partial charge >= 0.3 is 18.6 Å². The van der Waals surface area contributed by atoms with Crippen molar-refractivity contribution < 1.29 is 65.1 Å². The Hall–Kier alpha value is -4.01. The van der Waals surface area contributed by atoms with E-state index in [-0.39, 0.29) is 55.2 Å². The van der Waals surface area contributed by atoms with E-state index in [1.54, 1.807) is 13.8 Å². The van der Waals surface area contributed by atoms with Crippen molar-refractivity contribution in [2.45, 2.75) is 76.2 Å². The van der Waals surface area contributed by atoms with Gasteiger partial charge in [-0.3, -0.25) is 9.59 Å². The quantitative estimate of drug-likeness (QED) is 0.302. The molecule has 1 saturated carbocycles. The summed E-state index contributed by atoms with van der Waals surface area (Å²) in [7, 11) is 0. The molecule has 1 aliphatic carbocycles. The number of carbonyl (C=O) groups excluding carboxylic acids is 2. The van der Waals surface area contributed by atoms with Gasteiger partial charge in [-0.25, -0.2) is 0 Å². The SMILES string of the molecule is CCOC(=O)C1(CO)CCC([C@H]2C[C@@H](NC(=O)[C@@]3(C)COc4cc5c(cc43)OC(F)(F)O5)c3ccc(OC(F)(F)F)cc3O2)CC1. The van der Waals surface area contributed by atoms with Crippen LogP contribution in [0.2, 0.25) is 0 Å². The van der Waals surface area contributed by atoms with Gasteiger partial charge in [0.1, 0.15) is 35.4 Å². The lowest BCUT2D eigenvalue weighted by Crippen LogP contribution is -2.48. The summed E-state index contributed by atoms with van der Waals surface area (Å²) in [6.45, 7) is 2.92. The first-order chi connectivity index (χ1) is 21.6. The number of rotatable bonds is 7. The number of nitrogens with one attached hydrogen (secondary N) is 1. The first kappa shape index (κ1) is 32.0. The van der Waals surface area contributed by atoms with E-state index in [0.29, 0.717) is 36.8 Å². The lowest BCUT2D eigenvalue weighted by Gasteiger charge is -2.42. The number of aliphatic hydroxyl groups is 1. The van der Waals surface area contributed by atoms with Crippen LogP contribution in [-0.2, 0) is 19.7 Å². The molecule has 15 heteroatoms. The molecule has 3 aliphatic heterocycles. The molecule has 0 radical (unpaired) electrons. The number of hydrogen-bond acceptors (Lipinski definition) is 9. The van der Waals surface area contributed by atoms with Gasteiger partial charge in [0.15, 0.2) is 11.5 Å². The molecule has 6 rings (SSSR count). The topological polar surface area (TPSA) is 122 Å². The van der Waals surface area contributed by atoms with Crippen molar-refractivity contribution in [1.29, 1.82) is 0 Å². The average molecular weight is 658 g/mol. The maximum atomic E-state index is 13.9. The molecule has 46 heavy (non-hydrogen) atoms. The summed E-state index contributed by atoms with van der Waals surface area (Å²) in [5.41, 5.74) is -1.68. The molecule has 10 nitrogen and oxygen atoms in total. The maximum absolute atomic E-state index is 13.9. The molecule has 1 amide bonds. The standard InChI is InChI=1S/C31H32F5NO9/c1-3-41-27(40)29(14-38)8-6-16(7-9-29)21-12-20(18-5-4-17(10-22(18)43-21)44-30(32,33)34)37-26(39)28(2)15-42-23-13-25-24(11-19(23)28)45-31(35,36)46-25/h4-5,10-11,13,16,20-21,38H,3,6-9,12,14-15H2,1-2H3,(H,37,39)/t16?,20-,21-,28+,29?/m1/s1. The van der Waals surface area contributed by atoms with Gasteiger partial charge in [0.25, 0.3) is 0 Å². The minimum atomic E-state index is -4.94. The van der Waals surface area contributed by atoms with Crippen LogP contribution in [0.4, 0.5) is 22.0 Å². The zero-order valence-electron chi connectivity index (χ0n) is 24.9. The molecule has 0 bridgehead atoms. The second kappa shape index (κ2) is 11.4. The molecule has 1 fully saturated rings. The number of ether oxygens (including phenoxy) is 6. The zero-order valence-corrected chi connectivity index (χ0v) is 24.9. The average Bonchev–Trinajstić information content (AvgIpc) is 3.49. The molecular weight excluding hydrogens is 625 g/mol. The highest BCUT2D eigenvalue weighted by molar-refractivity contribution is 5.90. The molecule has 0 unspecified atom stereocenters. The lowest BCUT2D eigenvalue weighted by atomic mass is 9.68. The fourth-order valence-electron chi connectivity index (χ4n) is 6.71. The molecule has 2 aromatic carbocycles. The van der Waals surface area contributed by atoms with Gasteiger partial charge in [0, 0.05) is 29.7 Å². The summed E-state index contributed by atoms with van der Waals surface area (Å²) in [5.74, 6) is -1.88. The Morgan fingerprint density at radius 3 is 2.39 bits per heavy atom. The maximum Gasteiger partial charge on any atom is 0.586 e. The summed E-state index contributed by atoms with van der Waals surface area (Å²) in [6, 6.07) is 5.41. The van der Waals surface area contributed by atoms with E-state index in [1.807, 2.05) is 0 Å². The fourth-order valence-corrected chi connectivity index (χ4v) is 6.71. The summed E-state index contributed by atoms with van der Waals surface area (Å²) in [5, 5.41) is 13.0. The van der Waals surface area contributed by atoms with Crippen molar-refractivity contribution in [3.05, 3.63) is 41.5 Å². The highest BCUT2D eigenvalue weighted by atomic mass is 19.4. The molecule has 3 heterocycles. The number of hydrogen-bond donors (Lipinski definition) is 2. The number of amides is 1. The van der Waals surface area contributed by atoms with Gasteiger partial charge in [-0.2, -0.15) is 0 Å². The van der Waals surface area contributed by atoms with E-state index < -0.39 is 53.3 Å². The molecular formula is C31H32F5NO9. The minimum absolute atomic E-state index is 0.0894. The van der Waals surface area contributed by atoms with E-state index in [4.69, 9.17) is 14.2 Å². The Balaban J connectivity index is 1.26. The summed E-state index contributed by atoms with van der Waals surface area (Å²) >= 11 is 0. The number of benzene rings is 2. The molecule has 4 aliphatic rings. The van der Waals surface area contributed by atoms with E-state index in [1.165, 1.54) is 18.2 Å². The third-order valence-electron chi connectivity index (χ3n) is 9.29. The Kier molecular flexibility index (Phi) is 7.88. The summed E-state index contributed by atoms with van der Waals surface area (Å²) < 4.78 is 96.7. The molecule has 2 aromatic rings. The zero-order chi connectivity index (χ0) is 33.1. The van der Waals surface area contributed by atoms with Crippen LogP contribution in [-0.4, -0.2) is 55.6 Å². The van der Waals surface area contributed by atoms with Gasteiger partial charge in [-0.15, -0.1) is 22.0 Å². The van der Waals surface area contributed by atoms with Gasteiger partial charge < -0.3 is 38.8 Å². The van der Waals surface area contributed by atoms with Crippen LogP contribution in [0.25, 0.3) is 0 Å². The number of halogens is 5. The highest BCUT2D eigenvalue weighted by Crippen LogP contribution is 2.51. The Labute approximate surface area is 260 Å². The van der Waals surface area contributed by atoms with Crippen molar-refractivity contribution in [2.24, 2.45) is 11.3 Å². The smallest absolute Gasteiger partial charge is 0.492 e. The van der Waals surface area contributed by atoms with Crippen LogP contribution in [0.3, 0.4) is 0 Å². The molecule has 0 spiro atoms. The monoisotopic (exact) mass is 657 g/mol. The number of esters is 1. The largest absolute Gasteiger partial charge is 0.586 e. The summed E-state index contributed by atoms with van der Waals surface area (Å²) in [4.78, 5) is 26.6. The van der Waals surface area contributed by atoms with Crippen molar-refractivity contribution in [3.63, 3.8) is 0 Å². The van der Waals surface area contributed by atoms with Crippen LogP contribution in [0, 0.1) is 11.3 Å². The Morgan fingerprint density at radius 1 is 1.04 bits per heavy atom. The molecule has 0 aromatic heterocycles. The van der Waals surface area contributed by atoms with Gasteiger partial charge in [-0.05, 0) is 63.6 Å². The predicted octanol–water partition coefficient (Wildman–Crippen LogP) is 5.30. The summed E-state index contributed by atoms with van der Waals surface area (Å²) in [6.07, 6.45) is -7.60. The normalized spacial score (nSPS) is 29.1. The van der Waals surface area contributed by atoms with Crippen molar-refractivity contribution in [2.75, 3.05) is 19.8 Å². The third kappa shape index (κ3) is 5.84. The van der Waals surface area contributed by atoms with Crippen LogP contribution >= 0.6 is 0 Å². The third-order valence-corrected chi connectivity index (χ3v) is 9.29. The van der Waals surface area contributed by atoms with Gasteiger partial charge in [-0.1, -0.05) is 0 Å². The van der Waals surface area contributed by atoms with Crippen molar-refractivity contribution in [1.82, 2.24) is 5.32 Å². The molecule has 3 atom stereocenters. The lowest BCUT2D eigenvalue weighted by molar-refractivity contribution is -0.286. The van der Waals surface area contributed by atoms with Crippen LogP contribution < -0.4 is 29.0 Å². The van der Waals surface area contributed by atoms with Crippen LogP contribution in [0.1, 0.15) is 63.1 Å². The van der Waals surface area contributed by atoms with Crippen LogP contribution in [0.5, 0.6) is 28.7 Å². The number of carbonyl (C=O) groups is 2. The molecule has 2 N–H and O–H groups in total. The Morgan fingerprint density at radius 2 is 1.74 bits per heavy atom. The second-order valence-corrected chi connectivity index (χ2v) is 12.2. The van der Waals surface area contributed by atoms with Gasteiger partial charge in [0.2, 0.25) is 5.91 Å². The van der Waals surface area contributed by atoms with Crippen molar-refractivity contribution >= 4 is 11.9 Å². The van der Waals surface area contributed by atoms with Crippen LogP contribution in [0.15, 0.2) is 30.3 Å². The second-order valence-electron chi connectivity index (χ2n) is 12.2. The minimum Gasteiger partial charge on any atom is -0.492 e. The number of fused-ring (bicyclic) bond motifs is 3. The van der Waals surface area contributed by atoms with E-state index in [0.717, 1.165) is 12.1 Å². The van der Waals surface area contributed by atoms with E-state index in [2.05, 4.69) is 19.5 Å². The van der Waals surface area contributed by atoms with Gasteiger partial charge in [0.05, 0.1) is 24.7 Å². The Bertz CT molecular complexity index is 1520. The highest BCUT2D eigenvalue weighted by Gasteiger charge is 2.50. The molecule has 250 valence electrons. The van der Waals surface area contributed by atoms with E-state index in [9.17, 15) is 36.6 Å².